The van der Waals surface area contributed by atoms with Crippen molar-refractivity contribution in [1.29, 1.82) is 0 Å². The Morgan fingerprint density at radius 3 is 2.15 bits per heavy atom. The average molecular weight is 776 g/mol. The van der Waals surface area contributed by atoms with Gasteiger partial charge in [-0.25, -0.2) is 22.3 Å². The fourth-order valence-electron chi connectivity index (χ4n) is 6.68. The first kappa shape index (κ1) is 42.5. The van der Waals surface area contributed by atoms with Crippen molar-refractivity contribution in [2.24, 2.45) is 22.5 Å². The second kappa shape index (κ2) is 16.6. The van der Waals surface area contributed by atoms with Gasteiger partial charge >= 0.3 is 12.1 Å². The van der Waals surface area contributed by atoms with Crippen LogP contribution in [0.5, 0.6) is 0 Å². The summed E-state index contributed by atoms with van der Waals surface area (Å²) >= 11 is 0. The van der Waals surface area contributed by atoms with Crippen molar-refractivity contribution < 1.29 is 41.9 Å². The number of likely N-dealkylation sites (tertiary alicyclic amines) is 1. The second-order valence-corrected chi connectivity index (χ2v) is 19.1. The molecular weight excluding hydrogens is 719 g/mol. The van der Waals surface area contributed by atoms with E-state index in [1.54, 1.807) is 25.7 Å². The van der Waals surface area contributed by atoms with Gasteiger partial charge in [0.15, 0.2) is 0 Å². The van der Waals surface area contributed by atoms with E-state index in [2.05, 4.69) is 16.0 Å². The minimum absolute atomic E-state index is 0.0278. The highest BCUT2D eigenvalue weighted by Gasteiger charge is 2.47. The van der Waals surface area contributed by atoms with Crippen LogP contribution in [0.25, 0.3) is 0 Å². The number of benzene rings is 1. The summed E-state index contributed by atoms with van der Waals surface area (Å²) in [4.78, 5) is 83.0. The minimum atomic E-state index is -3.56. The van der Waals surface area contributed by atoms with Gasteiger partial charge < -0.3 is 36.2 Å². The highest BCUT2D eigenvalue weighted by Crippen LogP contribution is 2.34. The van der Waals surface area contributed by atoms with Crippen LogP contribution in [-0.4, -0.2) is 121 Å². The lowest BCUT2D eigenvalue weighted by molar-refractivity contribution is -0.143. The standard InChI is InChI=1S/C37H57N7O9S/c1-36(2,3)28(21-42(7)54(8,51)52)40-34(49)41-30(37(4,5)6)33(48)44-20-25(53-35(50)43-16-15-23-11-9-10-12-24(23)19-43)18-27(44)32(47)39-26(17-22-13-14-22)29(45)31(38)46/h9-12,22,25-28,30H,13-21H2,1-8H3,(H2,38,46)(H,39,47)(H2,40,41,49). The van der Waals surface area contributed by atoms with Crippen LogP contribution in [0.1, 0.15) is 78.4 Å². The van der Waals surface area contributed by atoms with Crippen LogP contribution in [0.3, 0.4) is 0 Å². The second-order valence-electron chi connectivity index (χ2n) is 17.0. The zero-order valence-corrected chi connectivity index (χ0v) is 33.5. The molecule has 2 heterocycles. The Balaban J connectivity index is 1.57. The summed E-state index contributed by atoms with van der Waals surface area (Å²) in [6.07, 6.45) is 2.01. The molecule has 16 nitrogen and oxygen atoms in total. The number of nitrogens with one attached hydrogen (secondary N) is 3. The number of rotatable bonds is 13. The highest BCUT2D eigenvalue weighted by molar-refractivity contribution is 7.88. The normalized spacial score (nSPS) is 20.7. The van der Waals surface area contributed by atoms with Crippen LogP contribution in [0.2, 0.25) is 0 Å². The van der Waals surface area contributed by atoms with Crippen molar-refractivity contribution in [2.75, 3.05) is 32.9 Å². The van der Waals surface area contributed by atoms with E-state index in [0.717, 1.165) is 34.5 Å². The van der Waals surface area contributed by atoms with Crippen LogP contribution < -0.4 is 21.7 Å². The number of nitrogens with zero attached hydrogens (tertiary/aromatic N) is 3. The van der Waals surface area contributed by atoms with E-state index in [0.29, 0.717) is 19.5 Å². The molecule has 54 heavy (non-hydrogen) atoms. The molecule has 0 aromatic heterocycles. The monoisotopic (exact) mass is 775 g/mol. The van der Waals surface area contributed by atoms with Gasteiger partial charge in [-0.1, -0.05) is 78.6 Å². The number of hydrogen-bond donors (Lipinski definition) is 4. The number of carbonyl (C=O) groups excluding carboxylic acids is 6. The quantitative estimate of drug-likeness (QED) is 0.213. The molecule has 1 saturated heterocycles. The van der Waals surface area contributed by atoms with Crippen molar-refractivity contribution in [3.63, 3.8) is 0 Å². The van der Waals surface area contributed by atoms with Gasteiger partial charge in [-0.05, 0) is 40.7 Å². The molecule has 5 N–H and O–H groups in total. The number of ketones is 1. The molecule has 0 radical (unpaired) electrons. The molecule has 6 amide bonds. The van der Waals surface area contributed by atoms with Gasteiger partial charge in [-0.3, -0.25) is 19.2 Å². The van der Waals surface area contributed by atoms with Crippen molar-refractivity contribution in [3.05, 3.63) is 35.4 Å². The van der Waals surface area contributed by atoms with Crippen molar-refractivity contribution in [3.8, 4) is 0 Å². The largest absolute Gasteiger partial charge is 0.444 e. The number of Topliss-reactive ketones (excluding diaryl/α,β-unsaturated/α-hetero) is 1. The van der Waals surface area contributed by atoms with Crippen LogP contribution in [0.15, 0.2) is 24.3 Å². The first-order valence-corrected chi connectivity index (χ1v) is 20.3. The maximum absolute atomic E-state index is 14.5. The molecule has 1 aliphatic carbocycles. The molecular formula is C37H57N7O9S. The number of sulfonamides is 1. The van der Waals surface area contributed by atoms with E-state index >= 15 is 0 Å². The molecule has 3 aliphatic rings. The fraction of sp³-hybridized carbons (Fsp3) is 0.676. The summed E-state index contributed by atoms with van der Waals surface area (Å²) < 4.78 is 31.4. The smallest absolute Gasteiger partial charge is 0.410 e. The fourth-order valence-corrected chi connectivity index (χ4v) is 7.10. The van der Waals surface area contributed by atoms with E-state index in [4.69, 9.17) is 10.5 Å². The minimum Gasteiger partial charge on any atom is -0.444 e. The Labute approximate surface area is 318 Å². The number of ether oxygens (including phenoxy) is 1. The zero-order chi connectivity index (χ0) is 40.3. The van der Waals surface area contributed by atoms with Crippen molar-refractivity contribution in [2.45, 2.75) is 110 Å². The average Bonchev–Trinajstić information content (AvgIpc) is 3.79. The topological polar surface area (TPSA) is 218 Å². The number of nitrogens with two attached hydrogens (primary N) is 1. The summed E-state index contributed by atoms with van der Waals surface area (Å²) in [6.45, 7) is 11.3. The van der Waals surface area contributed by atoms with Gasteiger partial charge in [0.25, 0.3) is 5.91 Å². The molecule has 17 heteroatoms. The number of likely N-dealkylation sites (N-methyl/N-ethyl adjacent to an activating group) is 1. The summed E-state index contributed by atoms with van der Waals surface area (Å²) in [7, 11) is -2.15. The van der Waals surface area contributed by atoms with E-state index in [9.17, 15) is 37.2 Å². The highest BCUT2D eigenvalue weighted by atomic mass is 32.2. The third-order valence-corrected chi connectivity index (χ3v) is 11.7. The van der Waals surface area contributed by atoms with E-state index < -0.39 is 86.8 Å². The Morgan fingerprint density at radius 1 is 0.963 bits per heavy atom. The van der Waals surface area contributed by atoms with E-state index in [1.807, 2.05) is 45.0 Å². The van der Waals surface area contributed by atoms with Gasteiger partial charge in [-0.15, -0.1) is 0 Å². The van der Waals surface area contributed by atoms with E-state index in [1.165, 1.54) is 11.9 Å². The first-order valence-electron chi connectivity index (χ1n) is 18.4. The third-order valence-electron chi connectivity index (χ3n) is 10.4. The maximum Gasteiger partial charge on any atom is 0.410 e. The van der Waals surface area contributed by atoms with Gasteiger partial charge in [-0.2, -0.15) is 0 Å². The van der Waals surface area contributed by atoms with E-state index in [-0.39, 0.29) is 31.8 Å². The summed E-state index contributed by atoms with van der Waals surface area (Å²) in [5, 5.41) is 8.24. The van der Waals surface area contributed by atoms with Crippen LogP contribution in [0.4, 0.5) is 9.59 Å². The summed E-state index contributed by atoms with van der Waals surface area (Å²) in [6, 6.07) is 2.80. The molecule has 1 aromatic rings. The third kappa shape index (κ3) is 11.1. The van der Waals surface area contributed by atoms with Gasteiger partial charge in [0.2, 0.25) is 27.6 Å². The molecule has 0 bridgehead atoms. The number of fused-ring (bicyclic) bond motifs is 1. The molecule has 300 valence electrons. The number of carbonyl (C=O) groups is 6. The molecule has 2 fully saturated rings. The molecule has 1 saturated carbocycles. The molecule has 4 rings (SSSR count). The summed E-state index contributed by atoms with van der Waals surface area (Å²) in [5.41, 5.74) is 5.97. The lowest BCUT2D eigenvalue weighted by Gasteiger charge is -2.37. The Kier molecular flexibility index (Phi) is 13.1. The lowest BCUT2D eigenvalue weighted by Crippen LogP contribution is -2.61. The molecule has 5 unspecified atom stereocenters. The molecule has 1 aromatic carbocycles. The molecule has 2 aliphatic heterocycles. The predicted molar refractivity (Wildman–Crippen MR) is 200 cm³/mol. The predicted octanol–water partition coefficient (Wildman–Crippen LogP) is 1.51. The molecule has 5 atom stereocenters. The number of hydrogen-bond acceptors (Lipinski definition) is 9. The van der Waals surface area contributed by atoms with Crippen LogP contribution >= 0.6 is 0 Å². The van der Waals surface area contributed by atoms with Crippen LogP contribution in [-0.2, 0) is 46.9 Å². The molecule has 0 spiro atoms. The lowest BCUT2D eigenvalue weighted by atomic mass is 9.85. The number of primary amides is 1. The van der Waals surface area contributed by atoms with Crippen molar-refractivity contribution in [1.82, 2.24) is 30.1 Å². The SMILES string of the molecule is CN(CC(NC(=O)NC(C(=O)N1CC(OC(=O)N2CCc3ccccc3C2)CC1C(=O)NC(CC1CC1)C(=O)C(N)=O)C(C)(C)C)C(C)(C)C)S(C)(=O)=O. The Bertz CT molecular complexity index is 1720. The Hall–Kier alpha value is -4.25. The Morgan fingerprint density at radius 2 is 1.59 bits per heavy atom. The maximum atomic E-state index is 14.5. The number of amides is 6. The van der Waals surface area contributed by atoms with Crippen molar-refractivity contribution >= 4 is 45.7 Å². The summed E-state index contributed by atoms with van der Waals surface area (Å²) in [5.74, 6) is -3.34. The van der Waals surface area contributed by atoms with Gasteiger partial charge in [0.05, 0.1) is 18.8 Å². The van der Waals surface area contributed by atoms with Crippen LogP contribution in [0, 0.1) is 16.7 Å². The first-order chi connectivity index (χ1) is 24.9. The van der Waals surface area contributed by atoms with Gasteiger partial charge in [0, 0.05) is 39.1 Å². The van der Waals surface area contributed by atoms with Gasteiger partial charge in [0.1, 0.15) is 18.2 Å². The number of urea groups is 1. The zero-order valence-electron chi connectivity index (χ0n) is 32.6.